The molecule has 106 valence electrons. The maximum absolute atomic E-state index is 11.9. The molecule has 1 fully saturated rings. The maximum Gasteiger partial charge on any atom is 0.323 e. The van der Waals surface area contributed by atoms with Gasteiger partial charge in [0.2, 0.25) is 0 Å². The third-order valence-electron chi connectivity index (χ3n) is 3.06. The fourth-order valence-corrected chi connectivity index (χ4v) is 3.52. The molecule has 0 amide bonds. The number of carbonyl (C=O) groups is 1. The van der Waals surface area contributed by atoms with E-state index in [-0.39, 0.29) is 12.0 Å². The predicted octanol–water partition coefficient (Wildman–Crippen LogP) is 2.98. The maximum atomic E-state index is 11.9. The van der Waals surface area contributed by atoms with Gasteiger partial charge in [-0.2, -0.15) is 11.8 Å². The number of rotatable bonds is 5. The van der Waals surface area contributed by atoms with Gasteiger partial charge < -0.3 is 10.1 Å². The third-order valence-corrected chi connectivity index (χ3v) is 4.38. The zero-order valence-electron chi connectivity index (χ0n) is 12.3. The van der Waals surface area contributed by atoms with Crippen LogP contribution in [0.5, 0.6) is 0 Å². The average Bonchev–Trinajstić information content (AvgIpc) is 2.64. The van der Waals surface area contributed by atoms with Gasteiger partial charge >= 0.3 is 5.97 Å². The van der Waals surface area contributed by atoms with E-state index in [4.69, 9.17) is 4.74 Å². The van der Waals surface area contributed by atoms with Crippen LogP contribution in [0, 0.1) is 0 Å². The zero-order valence-corrected chi connectivity index (χ0v) is 13.1. The first-order valence-corrected chi connectivity index (χ1v) is 7.99. The topological polar surface area (TPSA) is 38.3 Å². The van der Waals surface area contributed by atoms with Gasteiger partial charge in [0, 0.05) is 11.3 Å². The van der Waals surface area contributed by atoms with Crippen LogP contribution in [0.15, 0.2) is 0 Å². The number of thioether (sulfide) groups is 1. The average molecular weight is 273 g/mol. The molecule has 0 spiro atoms. The Morgan fingerprint density at radius 1 is 1.44 bits per heavy atom. The highest BCUT2D eigenvalue weighted by molar-refractivity contribution is 7.99. The molecule has 0 radical (unpaired) electrons. The van der Waals surface area contributed by atoms with Gasteiger partial charge in [-0.1, -0.05) is 13.3 Å². The predicted molar refractivity (Wildman–Crippen MR) is 78.0 cm³/mol. The van der Waals surface area contributed by atoms with Crippen molar-refractivity contribution < 1.29 is 9.53 Å². The van der Waals surface area contributed by atoms with E-state index in [0.29, 0.717) is 11.3 Å². The second kappa shape index (κ2) is 6.80. The molecule has 0 bridgehead atoms. The van der Waals surface area contributed by atoms with Gasteiger partial charge in [-0.05, 0) is 46.3 Å². The fourth-order valence-electron chi connectivity index (χ4n) is 2.31. The van der Waals surface area contributed by atoms with Crippen LogP contribution in [0.3, 0.4) is 0 Å². The second-order valence-corrected chi connectivity index (χ2v) is 7.47. The van der Waals surface area contributed by atoms with Crippen LogP contribution in [-0.2, 0) is 9.53 Å². The van der Waals surface area contributed by atoms with Crippen molar-refractivity contribution in [3.8, 4) is 0 Å². The summed E-state index contributed by atoms with van der Waals surface area (Å²) in [7, 11) is 0. The molecule has 1 rings (SSSR count). The van der Waals surface area contributed by atoms with Crippen LogP contribution in [-0.4, -0.2) is 34.7 Å². The van der Waals surface area contributed by atoms with Crippen molar-refractivity contribution in [3.05, 3.63) is 0 Å². The van der Waals surface area contributed by atoms with E-state index in [0.717, 1.165) is 5.75 Å². The van der Waals surface area contributed by atoms with Crippen molar-refractivity contribution >= 4 is 17.7 Å². The Labute approximate surface area is 115 Å². The summed E-state index contributed by atoms with van der Waals surface area (Å²) < 4.78 is 5.40. The lowest BCUT2D eigenvalue weighted by Gasteiger charge is -2.26. The SMILES string of the molecule is CCSC1CCCC1NC(C)C(=O)OC(C)(C)C. The van der Waals surface area contributed by atoms with Crippen LogP contribution in [0.4, 0.5) is 0 Å². The smallest absolute Gasteiger partial charge is 0.323 e. The minimum atomic E-state index is -0.403. The highest BCUT2D eigenvalue weighted by atomic mass is 32.2. The summed E-state index contributed by atoms with van der Waals surface area (Å²) in [6.07, 6.45) is 3.69. The molecule has 1 aliphatic carbocycles. The zero-order chi connectivity index (χ0) is 13.8. The quantitative estimate of drug-likeness (QED) is 0.782. The lowest BCUT2D eigenvalue weighted by atomic mass is 10.2. The van der Waals surface area contributed by atoms with Crippen molar-refractivity contribution in [3.63, 3.8) is 0 Å². The van der Waals surface area contributed by atoms with Crippen molar-refractivity contribution in [1.82, 2.24) is 5.32 Å². The largest absolute Gasteiger partial charge is 0.459 e. The Morgan fingerprint density at radius 2 is 2.11 bits per heavy atom. The summed E-state index contributed by atoms with van der Waals surface area (Å²) in [4.78, 5) is 11.9. The molecule has 0 aromatic rings. The van der Waals surface area contributed by atoms with E-state index in [1.807, 2.05) is 39.5 Å². The van der Waals surface area contributed by atoms with E-state index < -0.39 is 5.60 Å². The van der Waals surface area contributed by atoms with Gasteiger partial charge in [-0.3, -0.25) is 4.79 Å². The number of ether oxygens (including phenoxy) is 1. The fraction of sp³-hybridized carbons (Fsp3) is 0.929. The molecule has 0 aliphatic heterocycles. The monoisotopic (exact) mass is 273 g/mol. The molecule has 4 heteroatoms. The molecule has 3 nitrogen and oxygen atoms in total. The van der Waals surface area contributed by atoms with E-state index in [1.165, 1.54) is 19.3 Å². The van der Waals surface area contributed by atoms with E-state index >= 15 is 0 Å². The van der Waals surface area contributed by atoms with Crippen molar-refractivity contribution in [2.75, 3.05) is 5.75 Å². The summed E-state index contributed by atoms with van der Waals surface area (Å²) in [5.74, 6) is 0.999. The molecular weight excluding hydrogens is 246 g/mol. The van der Waals surface area contributed by atoms with Gasteiger partial charge in [0.25, 0.3) is 0 Å². The first kappa shape index (κ1) is 15.8. The second-order valence-electron chi connectivity index (χ2n) is 5.95. The highest BCUT2D eigenvalue weighted by Gasteiger charge is 2.30. The van der Waals surface area contributed by atoms with Gasteiger partial charge in [0.05, 0.1) is 0 Å². The molecule has 18 heavy (non-hydrogen) atoms. The van der Waals surface area contributed by atoms with Crippen molar-refractivity contribution in [2.24, 2.45) is 0 Å². The van der Waals surface area contributed by atoms with Gasteiger partial charge in [0.1, 0.15) is 11.6 Å². The van der Waals surface area contributed by atoms with Crippen LogP contribution < -0.4 is 5.32 Å². The van der Waals surface area contributed by atoms with Gasteiger partial charge in [-0.15, -0.1) is 0 Å². The molecule has 0 aromatic heterocycles. The molecule has 0 aromatic carbocycles. The van der Waals surface area contributed by atoms with E-state index in [1.54, 1.807) is 0 Å². The van der Waals surface area contributed by atoms with E-state index in [2.05, 4.69) is 12.2 Å². The third kappa shape index (κ3) is 5.19. The highest BCUT2D eigenvalue weighted by Crippen LogP contribution is 2.30. The number of carbonyl (C=O) groups excluding carboxylic acids is 1. The molecule has 1 aliphatic rings. The molecule has 1 saturated carbocycles. The summed E-state index contributed by atoms with van der Waals surface area (Å²) in [5, 5.41) is 4.09. The van der Waals surface area contributed by atoms with E-state index in [9.17, 15) is 4.79 Å². The summed E-state index contributed by atoms with van der Waals surface area (Å²) in [5.41, 5.74) is -0.403. The Hall–Kier alpha value is -0.220. The van der Waals surface area contributed by atoms with Crippen LogP contribution in [0.1, 0.15) is 53.9 Å². The van der Waals surface area contributed by atoms with Crippen molar-refractivity contribution in [2.45, 2.75) is 76.8 Å². The summed E-state index contributed by atoms with van der Waals surface area (Å²) in [6.45, 7) is 9.81. The number of hydrogen-bond donors (Lipinski definition) is 1. The standard InChI is InChI=1S/C14H27NO2S/c1-6-18-12-9-7-8-11(12)15-10(2)13(16)17-14(3,4)5/h10-12,15H,6-9H2,1-5H3. The normalized spacial score (nSPS) is 26.1. The summed E-state index contributed by atoms with van der Waals surface area (Å²) in [6, 6.07) is 0.241. The molecule has 1 N–H and O–H groups in total. The Morgan fingerprint density at radius 3 is 2.67 bits per heavy atom. The van der Waals surface area contributed by atoms with Gasteiger partial charge in [-0.25, -0.2) is 0 Å². The Bertz CT molecular complexity index is 275. The Kier molecular flexibility index (Phi) is 5.99. The van der Waals surface area contributed by atoms with Crippen LogP contribution in [0.25, 0.3) is 0 Å². The lowest BCUT2D eigenvalue weighted by Crippen LogP contribution is -2.46. The summed E-state index contributed by atoms with van der Waals surface area (Å²) >= 11 is 2.00. The van der Waals surface area contributed by atoms with Gasteiger partial charge in [0.15, 0.2) is 0 Å². The molecule has 0 heterocycles. The Balaban J connectivity index is 2.43. The number of nitrogens with one attached hydrogen (secondary N) is 1. The lowest BCUT2D eigenvalue weighted by molar-refractivity contribution is -0.157. The minimum Gasteiger partial charge on any atom is -0.459 e. The minimum absolute atomic E-state index is 0.144. The first-order chi connectivity index (χ1) is 8.33. The number of esters is 1. The molecule has 3 atom stereocenters. The van der Waals surface area contributed by atoms with Crippen LogP contribution >= 0.6 is 11.8 Å². The molecule has 0 saturated heterocycles. The first-order valence-electron chi connectivity index (χ1n) is 6.94. The molecule has 3 unspecified atom stereocenters. The molecular formula is C14H27NO2S. The van der Waals surface area contributed by atoms with Crippen LogP contribution in [0.2, 0.25) is 0 Å². The number of hydrogen-bond acceptors (Lipinski definition) is 4. The van der Waals surface area contributed by atoms with Crippen molar-refractivity contribution in [1.29, 1.82) is 0 Å².